The van der Waals surface area contributed by atoms with Gasteiger partial charge in [0, 0.05) is 12.6 Å². The summed E-state index contributed by atoms with van der Waals surface area (Å²) in [6.45, 7) is 7.48. The fourth-order valence-corrected chi connectivity index (χ4v) is 2.83. The number of methoxy groups -OCH3 is 2. The topological polar surface area (TPSA) is 30.5 Å². The largest absolute Gasteiger partial charge is 0.493 e. The van der Waals surface area contributed by atoms with Crippen LogP contribution in [0.5, 0.6) is 11.5 Å². The van der Waals surface area contributed by atoms with Crippen molar-refractivity contribution in [2.45, 2.75) is 46.2 Å². The van der Waals surface area contributed by atoms with Crippen LogP contribution in [0.4, 0.5) is 0 Å². The third-order valence-corrected chi connectivity index (χ3v) is 4.16. The van der Waals surface area contributed by atoms with Gasteiger partial charge in [-0.15, -0.1) is 0 Å². The van der Waals surface area contributed by atoms with Crippen molar-refractivity contribution >= 4 is 11.6 Å². The van der Waals surface area contributed by atoms with E-state index in [0.29, 0.717) is 28.5 Å². The first-order valence-corrected chi connectivity index (χ1v) is 7.58. The first-order valence-electron chi connectivity index (χ1n) is 7.21. The average molecular weight is 300 g/mol. The lowest BCUT2D eigenvalue weighted by Gasteiger charge is -2.23. The molecule has 1 aromatic rings. The molecule has 0 aromatic heterocycles. The van der Waals surface area contributed by atoms with E-state index in [4.69, 9.17) is 21.1 Å². The smallest absolute Gasteiger partial charge is 0.179 e. The third kappa shape index (κ3) is 4.29. The second-order valence-electron chi connectivity index (χ2n) is 5.06. The van der Waals surface area contributed by atoms with Crippen LogP contribution in [0.2, 0.25) is 5.02 Å². The molecular weight excluding hydrogens is 274 g/mol. The second-order valence-corrected chi connectivity index (χ2v) is 5.47. The maximum Gasteiger partial charge on any atom is 0.179 e. The molecule has 0 radical (unpaired) electrons. The first kappa shape index (κ1) is 17.1. The number of hydrogen-bond donors (Lipinski definition) is 1. The Morgan fingerprint density at radius 1 is 1.15 bits per heavy atom. The molecule has 0 saturated heterocycles. The Morgan fingerprint density at radius 2 is 1.80 bits per heavy atom. The Morgan fingerprint density at radius 3 is 2.30 bits per heavy atom. The van der Waals surface area contributed by atoms with Crippen LogP contribution in [0.15, 0.2) is 12.1 Å². The number of nitrogens with one attached hydrogen (secondary N) is 1. The van der Waals surface area contributed by atoms with Gasteiger partial charge in [-0.2, -0.15) is 0 Å². The zero-order valence-corrected chi connectivity index (χ0v) is 13.9. The number of benzene rings is 1. The van der Waals surface area contributed by atoms with E-state index in [-0.39, 0.29) is 0 Å². The molecule has 3 nitrogen and oxygen atoms in total. The number of rotatable bonds is 8. The molecule has 1 N–H and O–H groups in total. The summed E-state index contributed by atoms with van der Waals surface area (Å²) in [5, 5.41) is 4.14. The van der Waals surface area contributed by atoms with Crippen LogP contribution in [0.3, 0.4) is 0 Å². The van der Waals surface area contributed by atoms with Gasteiger partial charge in [-0.25, -0.2) is 0 Å². The summed E-state index contributed by atoms with van der Waals surface area (Å²) in [5.41, 5.74) is 1.10. The van der Waals surface area contributed by atoms with Gasteiger partial charge in [0.1, 0.15) is 0 Å². The number of halogens is 1. The summed E-state index contributed by atoms with van der Waals surface area (Å²) in [4.78, 5) is 0. The molecule has 0 aliphatic rings. The van der Waals surface area contributed by atoms with Crippen LogP contribution in [0.25, 0.3) is 0 Å². The highest BCUT2D eigenvalue weighted by Crippen LogP contribution is 2.36. The molecule has 114 valence electrons. The van der Waals surface area contributed by atoms with Crippen molar-refractivity contribution in [2.24, 2.45) is 5.92 Å². The summed E-state index contributed by atoms with van der Waals surface area (Å²) in [7, 11) is 3.22. The Kier molecular flexibility index (Phi) is 7.17. The zero-order valence-electron chi connectivity index (χ0n) is 13.1. The van der Waals surface area contributed by atoms with Crippen LogP contribution in [0.1, 0.15) is 39.2 Å². The number of hydrogen-bond acceptors (Lipinski definition) is 3. The van der Waals surface area contributed by atoms with Gasteiger partial charge in [0.2, 0.25) is 0 Å². The maximum atomic E-state index is 6.21. The molecule has 1 aromatic carbocycles. The highest BCUT2D eigenvalue weighted by Gasteiger charge is 2.14. The first-order chi connectivity index (χ1) is 9.57. The lowest BCUT2D eigenvalue weighted by Crippen LogP contribution is -2.32. The van der Waals surface area contributed by atoms with E-state index < -0.39 is 0 Å². The normalized spacial score (nSPS) is 12.6. The highest BCUT2D eigenvalue weighted by atomic mass is 35.5. The fraction of sp³-hybridized carbons (Fsp3) is 0.625. The van der Waals surface area contributed by atoms with Crippen molar-refractivity contribution in [2.75, 3.05) is 14.2 Å². The van der Waals surface area contributed by atoms with Crippen LogP contribution >= 0.6 is 11.6 Å². The molecule has 0 bridgehead atoms. The molecule has 20 heavy (non-hydrogen) atoms. The summed E-state index contributed by atoms with van der Waals surface area (Å²) < 4.78 is 10.6. The van der Waals surface area contributed by atoms with E-state index in [1.165, 1.54) is 12.8 Å². The van der Waals surface area contributed by atoms with Crippen molar-refractivity contribution < 1.29 is 9.47 Å². The fourth-order valence-electron chi connectivity index (χ4n) is 2.51. The van der Waals surface area contributed by atoms with Crippen LogP contribution in [-0.4, -0.2) is 20.3 Å². The predicted molar refractivity (Wildman–Crippen MR) is 84.9 cm³/mol. The van der Waals surface area contributed by atoms with Crippen LogP contribution in [-0.2, 0) is 6.54 Å². The molecule has 1 rings (SSSR count). The van der Waals surface area contributed by atoms with Gasteiger partial charge in [0.25, 0.3) is 0 Å². The summed E-state index contributed by atoms with van der Waals surface area (Å²) >= 11 is 6.21. The minimum absolute atomic E-state index is 0.483. The van der Waals surface area contributed by atoms with Gasteiger partial charge in [0.15, 0.2) is 11.5 Å². The molecule has 1 atom stereocenters. The van der Waals surface area contributed by atoms with E-state index in [2.05, 4.69) is 26.1 Å². The van der Waals surface area contributed by atoms with E-state index in [0.717, 1.165) is 12.1 Å². The van der Waals surface area contributed by atoms with Crippen molar-refractivity contribution in [3.05, 3.63) is 22.7 Å². The van der Waals surface area contributed by atoms with Crippen molar-refractivity contribution in [3.63, 3.8) is 0 Å². The lowest BCUT2D eigenvalue weighted by molar-refractivity contribution is 0.348. The predicted octanol–water partition coefficient (Wildman–Crippen LogP) is 4.27. The summed E-state index contributed by atoms with van der Waals surface area (Å²) in [5.74, 6) is 1.96. The zero-order chi connectivity index (χ0) is 15.1. The Bertz CT molecular complexity index is 419. The van der Waals surface area contributed by atoms with Crippen LogP contribution < -0.4 is 14.8 Å². The molecule has 0 heterocycles. The van der Waals surface area contributed by atoms with Crippen LogP contribution in [0, 0.1) is 5.92 Å². The van der Waals surface area contributed by atoms with Crippen molar-refractivity contribution in [3.8, 4) is 11.5 Å². The average Bonchev–Trinajstić information content (AvgIpc) is 2.45. The second kappa shape index (κ2) is 8.38. The van der Waals surface area contributed by atoms with E-state index in [9.17, 15) is 0 Å². The molecule has 0 aliphatic carbocycles. The lowest BCUT2D eigenvalue weighted by atomic mass is 9.95. The number of ether oxygens (including phenoxy) is 2. The van der Waals surface area contributed by atoms with Gasteiger partial charge in [-0.1, -0.05) is 38.3 Å². The monoisotopic (exact) mass is 299 g/mol. The van der Waals surface area contributed by atoms with E-state index >= 15 is 0 Å². The summed E-state index contributed by atoms with van der Waals surface area (Å²) in [6, 6.07) is 4.38. The third-order valence-electron chi connectivity index (χ3n) is 3.88. The minimum Gasteiger partial charge on any atom is -0.493 e. The van der Waals surface area contributed by atoms with Gasteiger partial charge in [-0.05, 0) is 30.5 Å². The van der Waals surface area contributed by atoms with Gasteiger partial charge in [0.05, 0.1) is 19.2 Å². The van der Waals surface area contributed by atoms with Gasteiger partial charge in [-0.3, -0.25) is 0 Å². The van der Waals surface area contributed by atoms with E-state index in [1.54, 1.807) is 14.2 Å². The molecule has 0 aliphatic heterocycles. The molecule has 4 heteroatoms. The summed E-state index contributed by atoms with van der Waals surface area (Å²) in [6.07, 6.45) is 2.38. The Labute approximate surface area is 127 Å². The quantitative estimate of drug-likeness (QED) is 0.777. The molecule has 0 amide bonds. The molecule has 1 unspecified atom stereocenters. The van der Waals surface area contributed by atoms with E-state index in [1.807, 2.05) is 12.1 Å². The standard InChI is InChI=1S/C16H26ClNO2/c1-6-13(7-2)11(3)18-10-12-8-14(17)16(20-5)15(9-12)19-4/h8-9,11,13,18H,6-7,10H2,1-5H3. The SMILES string of the molecule is CCC(CC)C(C)NCc1cc(Cl)c(OC)c(OC)c1. The molecule has 0 spiro atoms. The van der Waals surface area contributed by atoms with Gasteiger partial charge < -0.3 is 14.8 Å². The Hall–Kier alpha value is -0.930. The maximum absolute atomic E-state index is 6.21. The molecule has 0 fully saturated rings. The van der Waals surface area contributed by atoms with Gasteiger partial charge >= 0.3 is 0 Å². The minimum atomic E-state index is 0.483. The highest BCUT2D eigenvalue weighted by molar-refractivity contribution is 6.32. The molecule has 0 saturated carbocycles. The Balaban J connectivity index is 2.76. The molecular formula is C16H26ClNO2. The van der Waals surface area contributed by atoms with Crippen molar-refractivity contribution in [1.29, 1.82) is 0 Å². The van der Waals surface area contributed by atoms with Crippen molar-refractivity contribution in [1.82, 2.24) is 5.32 Å².